The van der Waals surface area contributed by atoms with Crippen molar-refractivity contribution >= 4 is 5.91 Å². The summed E-state index contributed by atoms with van der Waals surface area (Å²) in [5, 5.41) is 2.27. The van der Waals surface area contributed by atoms with Gasteiger partial charge in [-0.05, 0) is 6.07 Å². The van der Waals surface area contributed by atoms with Gasteiger partial charge >= 0.3 is 0 Å². The minimum atomic E-state index is -2.01. The predicted octanol–water partition coefficient (Wildman–Crippen LogP) is 1.94. The van der Waals surface area contributed by atoms with Crippen LogP contribution >= 0.6 is 0 Å². The third-order valence-corrected chi connectivity index (χ3v) is 2.58. The van der Waals surface area contributed by atoms with E-state index in [1.54, 1.807) is 0 Å². The molecule has 2 aromatic rings. The molecule has 1 amide bonds. The molecule has 0 saturated carbocycles. The van der Waals surface area contributed by atoms with Crippen LogP contribution in [0, 0.1) is 23.3 Å². The van der Waals surface area contributed by atoms with Crippen molar-refractivity contribution in [1.29, 1.82) is 0 Å². The van der Waals surface area contributed by atoms with E-state index in [0.29, 0.717) is 12.5 Å². The van der Waals surface area contributed by atoms with Gasteiger partial charge in [-0.3, -0.25) is 4.79 Å². The Bertz CT molecular complexity index is 628. The Morgan fingerprint density at radius 3 is 2.60 bits per heavy atom. The van der Waals surface area contributed by atoms with Crippen LogP contribution in [0.25, 0.3) is 0 Å². The van der Waals surface area contributed by atoms with Gasteiger partial charge in [-0.25, -0.2) is 22.5 Å². The Kier molecular flexibility index (Phi) is 4.02. The van der Waals surface area contributed by atoms with Gasteiger partial charge < -0.3 is 10.3 Å². The molecular weight excluding hydrogens is 278 g/mol. The summed E-state index contributed by atoms with van der Waals surface area (Å²) >= 11 is 0. The van der Waals surface area contributed by atoms with Gasteiger partial charge in [0.15, 0.2) is 23.3 Å². The molecule has 20 heavy (non-hydrogen) atoms. The highest BCUT2D eigenvalue weighted by Gasteiger charge is 2.22. The zero-order valence-electron chi connectivity index (χ0n) is 10.0. The van der Waals surface area contributed by atoms with E-state index in [9.17, 15) is 22.4 Å². The number of rotatable bonds is 4. The number of hydrogen-bond acceptors (Lipinski definition) is 2. The quantitative estimate of drug-likeness (QED) is 0.513. The van der Waals surface area contributed by atoms with Crippen LogP contribution in [-0.4, -0.2) is 22.4 Å². The number of imidazole rings is 1. The van der Waals surface area contributed by atoms with Crippen LogP contribution < -0.4 is 5.32 Å². The molecule has 0 bridgehead atoms. The van der Waals surface area contributed by atoms with Gasteiger partial charge in [0.2, 0.25) is 0 Å². The lowest BCUT2D eigenvalue weighted by atomic mass is 10.1. The van der Waals surface area contributed by atoms with Gasteiger partial charge in [-0.15, -0.1) is 0 Å². The van der Waals surface area contributed by atoms with Crippen molar-refractivity contribution < 1.29 is 22.4 Å². The minimum absolute atomic E-state index is 0.0983. The van der Waals surface area contributed by atoms with Crippen LogP contribution in [0.4, 0.5) is 17.6 Å². The second-order valence-electron chi connectivity index (χ2n) is 3.93. The lowest BCUT2D eigenvalue weighted by Gasteiger charge is -2.07. The summed E-state index contributed by atoms with van der Waals surface area (Å²) < 4.78 is 52.0. The monoisotopic (exact) mass is 287 g/mol. The first-order valence-electron chi connectivity index (χ1n) is 5.59. The fourth-order valence-electron chi connectivity index (χ4n) is 1.57. The molecule has 106 valence electrons. The zero-order chi connectivity index (χ0) is 14.7. The topological polar surface area (TPSA) is 57.8 Å². The number of carbonyl (C=O) groups excluding carboxylic acids is 1. The molecule has 0 spiro atoms. The standard InChI is InChI=1S/C12H9F4N3O/c13-8-3-7(9(14)11(16)10(8)15)12(20)18-2-1-6-4-17-5-19-6/h3-5H,1-2H2,(H,17,19)(H,18,20). The number of hydrogen-bond donors (Lipinski definition) is 2. The Labute approximate surface area is 110 Å². The third kappa shape index (κ3) is 2.79. The van der Waals surface area contributed by atoms with Crippen molar-refractivity contribution in [3.8, 4) is 0 Å². The van der Waals surface area contributed by atoms with E-state index in [0.717, 1.165) is 5.69 Å². The largest absolute Gasteiger partial charge is 0.352 e. The number of aromatic nitrogens is 2. The maximum absolute atomic E-state index is 13.3. The van der Waals surface area contributed by atoms with Crippen molar-refractivity contribution in [3.05, 3.63) is 53.1 Å². The molecule has 2 N–H and O–H groups in total. The summed E-state index contributed by atoms with van der Waals surface area (Å²) in [7, 11) is 0. The number of nitrogens with one attached hydrogen (secondary N) is 2. The maximum Gasteiger partial charge on any atom is 0.254 e. The average molecular weight is 287 g/mol. The molecule has 2 rings (SSSR count). The normalized spacial score (nSPS) is 10.6. The maximum atomic E-state index is 13.3. The number of carbonyl (C=O) groups is 1. The van der Waals surface area contributed by atoms with Crippen LogP contribution in [0.5, 0.6) is 0 Å². The summed E-state index contributed by atoms with van der Waals surface area (Å²) in [5.74, 6) is -8.33. The number of amides is 1. The lowest BCUT2D eigenvalue weighted by Crippen LogP contribution is -2.27. The highest BCUT2D eigenvalue weighted by atomic mass is 19.2. The van der Waals surface area contributed by atoms with Gasteiger partial charge in [0, 0.05) is 24.9 Å². The first-order chi connectivity index (χ1) is 9.50. The van der Waals surface area contributed by atoms with E-state index >= 15 is 0 Å². The van der Waals surface area contributed by atoms with Crippen molar-refractivity contribution in [1.82, 2.24) is 15.3 Å². The molecule has 8 heteroatoms. The molecule has 0 aliphatic heterocycles. The smallest absolute Gasteiger partial charge is 0.254 e. The summed E-state index contributed by atoms with van der Waals surface area (Å²) in [6.45, 7) is 0.0983. The van der Waals surface area contributed by atoms with Crippen LogP contribution in [0.2, 0.25) is 0 Å². The average Bonchev–Trinajstić information content (AvgIpc) is 2.93. The summed E-state index contributed by atoms with van der Waals surface area (Å²) in [6.07, 6.45) is 3.35. The van der Waals surface area contributed by atoms with Crippen molar-refractivity contribution in [2.24, 2.45) is 0 Å². The van der Waals surface area contributed by atoms with Crippen LogP contribution in [0.15, 0.2) is 18.6 Å². The molecule has 0 unspecified atom stereocenters. The fourth-order valence-corrected chi connectivity index (χ4v) is 1.57. The molecule has 4 nitrogen and oxygen atoms in total. The molecule has 0 aliphatic rings. The van der Waals surface area contributed by atoms with E-state index in [-0.39, 0.29) is 6.54 Å². The van der Waals surface area contributed by atoms with E-state index in [1.807, 2.05) is 0 Å². The number of aromatic amines is 1. The molecule has 1 aromatic carbocycles. The highest BCUT2D eigenvalue weighted by molar-refractivity contribution is 5.94. The van der Waals surface area contributed by atoms with Crippen LogP contribution in [0.3, 0.4) is 0 Å². The zero-order valence-corrected chi connectivity index (χ0v) is 10.0. The van der Waals surface area contributed by atoms with E-state index in [2.05, 4.69) is 15.3 Å². The first-order valence-corrected chi connectivity index (χ1v) is 5.59. The molecule has 1 aromatic heterocycles. The summed E-state index contributed by atoms with van der Waals surface area (Å²) in [5.41, 5.74) is -0.159. The second kappa shape index (κ2) is 5.72. The summed E-state index contributed by atoms with van der Waals surface area (Å²) in [4.78, 5) is 18.1. The molecule has 0 aliphatic carbocycles. The third-order valence-electron chi connectivity index (χ3n) is 2.58. The van der Waals surface area contributed by atoms with Crippen LogP contribution in [-0.2, 0) is 6.42 Å². The van der Waals surface area contributed by atoms with Gasteiger partial charge in [-0.1, -0.05) is 0 Å². The van der Waals surface area contributed by atoms with Gasteiger partial charge in [0.1, 0.15) is 0 Å². The van der Waals surface area contributed by atoms with E-state index < -0.39 is 34.7 Å². The number of H-pyrrole nitrogens is 1. The Morgan fingerprint density at radius 1 is 1.20 bits per heavy atom. The number of halogens is 4. The summed E-state index contributed by atoms with van der Waals surface area (Å²) in [6, 6.07) is 0.319. The number of benzene rings is 1. The van der Waals surface area contributed by atoms with Gasteiger partial charge in [0.25, 0.3) is 5.91 Å². The van der Waals surface area contributed by atoms with Crippen LogP contribution in [0.1, 0.15) is 16.1 Å². The van der Waals surface area contributed by atoms with Gasteiger partial charge in [-0.2, -0.15) is 0 Å². The molecule has 0 radical (unpaired) electrons. The Morgan fingerprint density at radius 2 is 1.95 bits per heavy atom. The first kappa shape index (κ1) is 14.0. The van der Waals surface area contributed by atoms with Crippen molar-refractivity contribution in [2.75, 3.05) is 6.54 Å². The highest BCUT2D eigenvalue weighted by Crippen LogP contribution is 2.18. The SMILES string of the molecule is O=C(NCCc1cnc[nH]1)c1cc(F)c(F)c(F)c1F. The predicted molar refractivity (Wildman–Crippen MR) is 60.9 cm³/mol. The molecule has 1 heterocycles. The fraction of sp³-hybridized carbons (Fsp3) is 0.167. The molecular formula is C12H9F4N3O. The van der Waals surface area contributed by atoms with E-state index in [1.165, 1.54) is 12.5 Å². The van der Waals surface area contributed by atoms with Gasteiger partial charge in [0.05, 0.1) is 11.9 Å². The molecule has 0 atom stereocenters. The Balaban J connectivity index is 2.06. The van der Waals surface area contributed by atoms with Crippen molar-refractivity contribution in [2.45, 2.75) is 6.42 Å². The molecule has 0 fully saturated rings. The Hall–Kier alpha value is -2.38. The second-order valence-corrected chi connectivity index (χ2v) is 3.93. The minimum Gasteiger partial charge on any atom is -0.352 e. The van der Waals surface area contributed by atoms with Crippen molar-refractivity contribution in [3.63, 3.8) is 0 Å². The van der Waals surface area contributed by atoms with E-state index in [4.69, 9.17) is 0 Å². The molecule has 0 saturated heterocycles. The number of nitrogens with zero attached hydrogens (tertiary/aromatic N) is 1. The lowest BCUT2D eigenvalue weighted by molar-refractivity contribution is 0.0948.